The zero-order chi connectivity index (χ0) is 29.8. The number of hydrogen-bond donors (Lipinski definition) is 0. The normalized spacial score (nSPS) is 18.8. The SMILES string of the molecule is [2H]c1c(-c2ccccc2)cc2c(c1[2H])C1(c3ccccc3C2)c2c([2H])c([2H])c([2H])c([2H])c2-c2c([2H])c([2H])c([2H])c([2H])c21. The van der Waals surface area contributed by atoms with Crippen LogP contribution >= 0.6 is 0 Å². The molecule has 0 heterocycles. The second-order valence-electron chi connectivity index (χ2n) is 8.16. The highest BCUT2D eigenvalue weighted by molar-refractivity contribution is 5.88. The molecule has 2 aliphatic rings. The van der Waals surface area contributed by atoms with Crippen LogP contribution in [0, 0.1) is 0 Å². The summed E-state index contributed by atoms with van der Waals surface area (Å²) < 4.78 is 88.9. The molecule has 1 spiro atoms. The third-order valence-corrected chi connectivity index (χ3v) is 6.60. The number of rotatable bonds is 1. The van der Waals surface area contributed by atoms with Gasteiger partial charge in [0.25, 0.3) is 0 Å². The number of fused-ring (bicyclic) bond motifs is 9. The smallest absolute Gasteiger partial charge is 0.0622 e. The maximum absolute atomic E-state index is 9.45. The Kier molecular flexibility index (Phi) is 2.17. The highest BCUT2D eigenvalue weighted by Crippen LogP contribution is 2.59. The van der Waals surface area contributed by atoms with Crippen LogP contribution in [0.5, 0.6) is 0 Å². The number of benzene rings is 5. The van der Waals surface area contributed by atoms with E-state index >= 15 is 0 Å². The van der Waals surface area contributed by atoms with Crippen LogP contribution in [0.4, 0.5) is 0 Å². The van der Waals surface area contributed by atoms with Gasteiger partial charge in [0.05, 0.1) is 19.1 Å². The van der Waals surface area contributed by atoms with Crippen molar-refractivity contribution in [3.8, 4) is 22.3 Å². The Hall–Kier alpha value is -3.90. The van der Waals surface area contributed by atoms with Gasteiger partial charge in [-0.2, -0.15) is 0 Å². The Morgan fingerprint density at radius 3 is 1.94 bits per heavy atom. The van der Waals surface area contributed by atoms with Gasteiger partial charge in [0, 0.05) is 0 Å². The summed E-state index contributed by atoms with van der Waals surface area (Å²) >= 11 is 0. The molecule has 32 heavy (non-hydrogen) atoms. The maximum Gasteiger partial charge on any atom is 0.0719 e. The first-order valence-electron chi connectivity index (χ1n) is 15.5. The molecule has 0 aliphatic heterocycles. The van der Waals surface area contributed by atoms with Gasteiger partial charge in [0.2, 0.25) is 0 Å². The van der Waals surface area contributed by atoms with Crippen LogP contribution < -0.4 is 0 Å². The fraction of sp³-hybridized carbons (Fsp3) is 0.0625. The van der Waals surface area contributed by atoms with Gasteiger partial charge in [-0.1, -0.05) is 121 Å². The average Bonchev–Trinajstić information content (AvgIpc) is 3.31. The predicted octanol–water partition coefficient (Wildman–Crippen LogP) is 7.62. The van der Waals surface area contributed by atoms with E-state index in [9.17, 15) is 1.37 Å². The molecule has 0 bridgehead atoms. The van der Waals surface area contributed by atoms with Crippen molar-refractivity contribution in [2.45, 2.75) is 11.8 Å². The van der Waals surface area contributed by atoms with Gasteiger partial charge in [-0.05, 0) is 62.1 Å². The lowest BCUT2D eigenvalue weighted by Gasteiger charge is -2.40. The minimum absolute atomic E-state index is 0.00344. The predicted molar refractivity (Wildman–Crippen MR) is 132 cm³/mol. The van der Waals surface area contributed by atoms with Crippen molar-refractivity contribution < 1.29 is 13.7 Å². The van der Waals surface area contributed by atoms with Crippen LogP contribution in [0.15, 0.2) is 121 Å². The average molecular weight is 417 g/mol. The van der Waals surface area contributed by atoms with E-state index in [0.717, 1.165) is 11.1 Å². The summed E-state index contributed by atoms with van der Waals surface area (Å²) in [6.45, 7) is 0. The van der Waals surface area contributed by atoms with Gasteiger partial charge < -0.3 is 0 Å². The Bertz CT molecular complexity index is 1940. The van der Waals surface area contributed by atoms with Crippen molar-refractivity contribution in [3.63, 3.8) is 0 Å². The van der Waals surface area contributed by atoms with Gasteiger partial charge in [0.1, 0.15) is 0 Å². The zero-order valence-corrected chi connectivity index (χ0v) is 17.0. The summed E-state index contributed by atoms with van der Waals surface area (Å²) in [7, 11) is 0. The van der Waals surface area contributed by atoms with Crippen LogP contribution in [0.1, 0.15) is 47.1 Å². The van der Waals surface area contributed by atoms with Crippen molar-refractivity contribution in [2.75, 3.05) is 0 Å². The van der Waals surface area contributed by atoms with Gasteiger partial charge in [0.15, 0.2) is 0 Å². The molecular formula is C32H22. The third-order valence-electron chi connectivity index (χ3n) is 6.60. The Morgan fingerprint density at radius 2 is 1.19 bits per heavy atom. The Balaban J connectivity index is 1.78. The summed E-state index contributed by atoms with van der Waals surface area (Å²) in [5.74, 6) is 0. The molecule has 150 valence electrons. The van der Waals surface area contributed by atoms with E-state index in [0.29, 0.717) is 28.7 Å². The van der Waals surface area contributed by atoms with E-state index in [-0.39, 0.29) is 46.4 Å². The monoisotopic (exact) mass is 416 g/mol. The first-order chi connectivity index (χ1) is 20.0. The van der Waals surface area contributed by atoms with Gasteiger partial charge in [-0.3, -0.25) is 0 Å². The van der Waals surface area contributed by atoms with E-state index in [1.54, 1.807) is 12.1 Å². The molecule has 2 aliphatic carbocycles. The summed E-state index contributed by atoms with van der Waals surface area (Å²) in [6, 6.07) is 14.7. The zero-order valence-electron chi connectivity index (χ0n) is 27.0. The lowest BCUT2D eigenvalue weighted by molar-refractivity contribution is 0.722. The molecule has 0 saturated carbocycles. The summed E-state index contributed by atoms with van der Waals surface area (Å²) in [5, 5.41) is 0. The molecule has 0 aromatic heterocycles. The molecule has 5 aromatic rings. The van der Waals surface area contributed by atoms with E-state index in [1.165, 1.54) is 0 Å². The molecule has 0 radical (unpaired) electrons. The van der Waals surface area contributed by atoms with Gasteiger partial charge in [-0.15, -0.1) is 0 Å². The second-order valence-corrected chi connectivity index (χ2v) is 8.16. The number of hydrogen-bond acceptors (Lipinski definition) is 0. The largest absolute Gasteiger partial charge is 0.0719 e. The van der Waals surface area contributed by atoms with Crippen molar-refractivity contribution in [1.82, 2.24) is 0 Å². The van der Waals surface area contributed by atoms with Crippen LogP contribution in [0.25, 0.3) is 22.3 Å². The molecule has 5 aromatic carbocycles. The first kappa shape index (κ1) is 10.6. The van der Waals surface area contributed by atoms with Crippen LogP contribution in [0.2, 0.25) is 0 Å². The van der Waals surface area contributed by atoms with Gasteiger partial charge >= 0.3 is 0 Å². The highest BCUT2D eigenvalue weighted by Gasteiger charge is 2.49. The molecule has 0 atom stereocenters. The lowest BCUT2D eigenvalue weighted by atomic mass is 9.61. The molecule has 0 fully saturated rings. The molecule has 0 nitrogen and oxygen atoms in total. The molecule has 0 unspecified atom stereocenters. The molecule has 0 heteroatoms. The quantitative estimate of drug-likeness (QED) is 0.258. The topological polar surface area (TPSA) is 0 Å². The van der Waals surface area contributed by atoms with E-state index < -0.39 is 41.7 Å². The van der Waals surface area contributed by atoms with Gasteiger partial charge in [-0.25, -0.2) is 0 Å². The standard InChI is InChI=1S/C32H22/c1-2-10-22(11-3-1)23-18-19-29-25(20-23)21-24-12-4-7-15-28(24)32(29)30-16-8-5-13-26(30)27-14-6-9-17-31(27)32/h1-20H,21H2/i5D,6D,8D,9D,13D,14D,16D,17D,18D,19D. The minimum atomic E-state index is -1.68. The lowest BCUT2D eigenvalue weighted by Crippen LogP contribution is -2.34. The minimum Gasteiger partial charge on any atom is -0.0622 e. The molecule has 0 N–H and O–H groups in total. The van der Waals surface area contributed by atoms with E-state index in [4.69, 9.17) is 12.3 Å². The van der Waals surface area contributed by atoms with Crippen molar-refractivity contribution >= 4 is 0 Å². The van der Waals surface area contributed by atoms with Crippen molar-refractivity contribution in [3.05, 3.63) is 154 Å². The molecule has 0 amide bonds. The van der Waals surface area contributed by atoms with E-state index in [2.05, 4.69) is 0 Å². The summed E-state index contributed by atoms with van der Waals surface area (Å²) in [4.78, 5) is 0. The third kappa shape index (κ3) is 2.22. The maximum atomic E-state index is 9.45. The van der Waals surface area contributed by atoms with Crippen LogP contribution in [-0.4, -0.2) is 0 Å². The second kappa shape index (κ2) is 6.55. The summed E-state index contributed by atoms with van der Waals surface area (Å²) in [6.07, 6.45) is 0.376. The van der Waals surface area contributed by atoms with Crippen molar-refractivity contribution in [2.24, 2.45) is 0 Å². The summed E-state index contributed by atoms with van der Waals surface area (Å²) in [5.41, 5.74) is 2.14. The van der Waals surface area contributed by atoms with Crippen LogP contribution in [0.3, 0.4) is 0 Å². The highest BCUT2D eigenvalue weighted by atomic mass is 14.5. The van der Waals surface area contributed by atoms with E-state index in [1.807, 2.05) is 48.5 Å². The first-order valence-corrected chi connectivity index (χ1v) is 10.5. The fourth-order valence-electron chi connectivity index (χ4n) is 5.33. The van der Waals surface area contributed by atoms with Crippen molar-refractivity contribution in [1.29, 1.82) is 0 Å². The molecular weight excluding hydrogens is 384 g/mol. The molecule has 0 saturated heterocycles. The van der Waals surface area contributed by atoms with Crippen LogP contribution in [-0.2, 0) is 11.8 Å². The Labute approximate surface area is 202 Å². The fourth-order valence-corrected chi connectivity index (χ4v) is 5.33. The molecule has 7 rings (SSSR count). The Morgan fingerprint density at radius 1 is 0.531 bits per heavy atom.